The van der Waals surface area contributed by atoms with Gasteiger partial charge in [-0.25, -0.2) is 0 Å². The van der Waals surface area contributed by atoms with E-state index >= 15 is 0 Å². The molecule has 0 bridgehead atoms. The Morgan fingerprint density at radius 2 is 1.79 bits per heavy atom. The van der Waals surface area contributed by atoms with Crippen LogP contribution in [0.4, 0.5) is 0 Å². The molecule has 4 nitrogen and oxygen atoms in total. The van der Waals surface area contributed by atoms with Crippen LogP contribution in [0.25, 0.3) is 17.2 Å². The second kappa shape index (κ2) is 9.29. The number of benzene rings is 2. The first kappa shape index (κ1) is 17.5. The van der Waals surface area contributed by atoms with Gasteiger partial charge in [-0.2, -0.15) is 5.26 Å². The van der Waals surface area contributed by atoms with Crippen LogP contribution in [0, 0.1) is 11.3 Å². The maximum Gasteiger partial charge on any atom is 0.261 e. The molecule has 0 aliphatic heterocycles. The number of nitriles is 1. The van der Waals surface area contributed by atoms with Crippen molar-refractivity contribution in [3.8, 4) is 17.2 Å². The van der Waals surface area contributed by atoms with Gasteiger partial charge in [0.1, 0.15) is 11.6 Å². The Balaban J connectivity index is 2.05. The molecule has 0 radical (unpaired) electrons. The number of hydrogen-bond acceptors (Lipinski definition) is 3. The highest BCUT2D eigenvalue weighted by molar-refractivity contribution is 6.01. The molecule has 0 saturated heterocycles. The molecule has 1 N–H and O–H groups in total. The lowest BCUT2D eigenvalue weighted by Crippen LogP contribution is -2.26. The van der Waals surface area contributed by atoms with E-state index in [9.17, 15) is 10.1 Å². The van der Waals surface area contributed by atoms with Gasteiger partial charge < -0.3 is 10.1 Å². The van der Waals surface area contributed by atoms with Gasteiger partial charge in [0.25, 0.3) is 5.91 Å². The van der Waals surface area contributed by atoms with Crippen LogP contribution >= 0.6 is 0 Å². The lowest BCUT2D eigenvalue weighted by molar-refractivity contribution is -0.117. The Kier molecular flexibility index (Phi) is 6.75. The third kappa shape index (κ3) is 5.08. The van der Waals surface area contributed by atoms with Crippen molar-refractivity contribution in [2.45, 2.75) is 6.42 Å². The van der Waals surface area contributed by atoms with Crippen molar-refractivity contribution in [1.29, 1.82) is 5.26 Å². The molecule has 24 heavy (non-hydrogen) atoms. The monoisotopic (exact) mass is 320 g/mol. The fraction of sp³-hybridized carbons (Fsp3) is 0.200. The fourth-order valence-corrected chi connectivity index (χ4v) is 2.23. The summed E-state index contributed by atoms with van der Waals surface area (Å²) in [5.41, 5.74) is 3.14. The molecule has 0 aliphatic rings. The Morgan fingerprint density at radius 3 is 2.42 bits per heavy atom. The lowest BCUT2D eigenvalue weighted by Gasteiger charge is -2.04. The third-order valence-electron chi connectivity index (χ3n) is 3.50. The van der Waals surface area contributed by atoms with Crippen molar-refractivity contribution in [1.82, 2.24) is 5.32 Å². The summed E-state index contributed by atoms with van der Waals surface area (Å²) in [4.78, 5) is 12.0. The molecule has 4 heteroatoms. The van der Waals surface area contributed by atoms with Gasteiger partial charge in [-0.3, -0.25) is 4.79 Å². The summed E-state index contributed by atoms with van der Waals surface area (Å²) in [5.74, 6) is -0.360. The van der Waals surface area contributed by atoms with Gasteiger partial charge in [-0.1, -0.05) is 54.6 Å². The predicted octanol–water partition coefficient (Wildman–Crippen LogP) is 3.41. The molecular formula is C20H20N2O2. The standard InChI is InChI=1S/C20H20N2O2/c1-24-13-5-12-22-20(23)19(15-21)14-16-8-10-18(11-9-16)17-6-3-2-4-7-17/h2-4,6-11,14H,5,12-13H2,1H3,(H,22,23)/b19-14+. The van der Waals surface area contributed by atoms with E-state index in [0.717, 1.165) is 16.7 Å². The molecular weight excluding hydrogens is 300 g/mol. The van der Waals surface area contributed by atoms with Crippen molar-refractivity contribution in [2.75, 3.05) is 20.3 Å². The summed E-state index contributed by atoms with van der Waals surface area (Å²) >= 11 is 0. The van der Waals surface area contributed by atoms with Gasteiger partial charge in [0.15, 0.2) is 0 Å². The van der Waals surface area contributed by atoms with Crippen molar-refractivity contribution >= 4 is 12.0 Å². The summed E-state index contributed by atoms with van der Waals surface area (Å²) in [7, 11) is 1.61. The van der Waals surface area contributed by atoms with Crippen LogP contribution in [0.5, 0.6) is 0 Å². The summed E-state index contributed by atoms with van der Waals surface area (Å²) in [6.45, 7) is 1.06. The van der Waals surface area contributed by atoms with Gasteiger partial charge in [-0.05, 0) is 29.2 Å². The topological polar surface area (TPSA) is 62.1 Å². The van der Waals surface area contributed by atoms with Gasteiger partial charge in [0.2, 0.25) is 0 Å². The van der Waals surface area contributed by atoms with Crippen LogP contribution in [-0.2, 0) is 9.53 Å². The van der Waals surface area contributed by atoms with Crippen molar-refractivity contribution in [2.24, 2.45) is 0 Å². The first-order valence-corrected chi connectivity index (χ1v) is 7.79. The van der Waals surface area contributed by atoms with Crippen LogP contribution in [0.15, 0.2) is 60.2 Å². The van der Waals surface area contributed by atoms with Crippen LogP contribution in [-0.4, -0.2) is 26.2 Å². The normalized spacial score (nSPS) is 10.9. The van der Waals surface area contributed by atoms with E-state index in [1.54, 1.807) is 13.2 Å². The minimum absolute atomic E-state index is 0.0971. The molecule has 2 aromatic rings. The van der Waals surface area contributed by atoms with E-state index in [1.165, 1.54) is 0 Å². The average Bonchev–Trinajstić information content (AvgIpc) is 2.64. The van der Waals surface area contributed by atoms with Gasteiger partial charge in [0, 0.05) is 20.3 Å². The molecule has 0 atom stereocenters. The molecule has 0 aromatic heterocycles. The molecule has 1 amide bonds. The quantitative estimate of drug-likeness (QED) is 0.483. The number of rotatable bonds is 7. The van der Waals surface area contributed by atoms with E-state index in [1.807, 2.05) is 60.7 Å². The van der Waals surface area contributed by atoms with Gasteiger partial charge in [0.05, 0.1) is 0 Å². The van der Waals surface area contributed by atoms with Crippen molar-refractivity contribution < 1.29 is 9.53 Å². The number of hydrogen-bond donors (Lipinski definition) is 1. The SMILES string of the molecule is COCCCNC(=O)/C(C#N)=C/c1ccc(-c2ccccc2)cc1. The highest BCUT2D eigenvalue weighted by Crippen LogP contribution is 2.20. The van der Waals surface area contributed by atoms with Gasteiger partial charge >= 0.3 is 0 Å². The number of carbonyl (C=O) groups is 1. The first-order valence-electron chi connectivity index (χ1n) is 7.79. The minimum atomic E-state index is -0.360. The average molecular weight is 320 g/mol. The fourth-order valence-electron chi connectivity index (χ4n) is 2.23. The Morgan fingerprint density at radius 1 is 1.12 bits per heavy atom. The zero-order valence-corrected chi connectivity index (χ0v) is 13.7. The number of amides is 1. The third-order valence-corrected chi connectivity index (χ3v) is 3.50. The number of ether oxygens (including phenoxy) is 1. The van der Waals surface area contributed by atoms with E-state index in [-0.39, 0.29) is 11.5 Å². The highest BCUT2D eigenvalue weighted by Gasteiger charge is 2.08. The van der Waals surface area contributed by atoms with Crippen molar-refractivity contribution in [3.05, 3.63) is 65.7 Å². The predicted molar refractivity (Wildman–Crippen MR) is 95.0 cm³/mol. The largest absolute Gasteiger partial charge is 0.385 e. The minimum Gasteiger partial charge on any atom is -0.385 e. The Bertz CT molecular complexity index is 728. The molecule has 0 spiro atoms. The number of nitrogens with zero attached hydrogens (tertiary/aromatic N) is 1. The maximum absolute atomic E-state index is 12.0. The molecule has 0 heterocycles. The first-order chi connectivity index (χ1) is 11.7. The highest BCUT2D eigenvalue weighted by atomic mass is 16.5. The van der Waals surface area contributed by atoms with E-state index in [0.29, 0.717) is 19.6 Å². The van der Waals surface area contributed by atoms with Crippen molar-refractivity contribution in [3.63, 3.8) is 0 Å². The van der Waals surface area contributed by atoms with Crippen LogP contribution in [0.1, 0.15) is 12.0 Å². The summed E-state index contributed by atoms with van der Waals surface area (Å²) in [5, 5.41) is 11.9. The Hall–Kier alpha value is -2.90. The number of methoxy groups -OCH3 is 1. The summed E-state index contributed by atoms with van der Waals surface area (Å²) in [6, 6.07) is 19.8. The number of carbonyl (C=O) groups excluding carboxylic acids is 1. The molecule has 122 valence electrons. The second-order valence-corrected chi connectivity index (χ2v) is 5.26. The smallest absolute Gasteiger partial charge is 0.261 e. The lowest BCUT2D eigenvalue weighted by atomic mass is 10.0. The molecule has 2 aromatic carbocycles. The summed E-state index contributed by atoms with van der Waals surface area (Å²) in [6.07, 6.45) is 2.31. The molecule has 0 unspecified atom stereocenters. The van der Waals surface area contributed by atoms with Crippen LogP contribution < -0.4 is 5.32 Å². The van der Waals surface area contributed by atoms with E-state index in [2.05, 4.69) is 5.32 Å². The van der Waals surface area contributed by atoms with Crippen LogP contribution in [0.3, 0.4) is 0 Å². The zero-order valence-electron chi connectivity index (χ0n) is 13.7. The second-order valence-electron chi connectivity index (χ2n) is 5.26. The van der Waals surface area contributed by atoms with E-state index in [4.69, 9.17) is 4.74 Å². The van der Waals surface area contributed by atoms with Gasteiger partial charge in [-0.15, -0.1) is 0 Å². The molecule has 0 fully saturated rings. The maximum atomic E-state index is 12.0. The van der Waals surface area contributed by atoms with Crippen LogP contribution in [0.2, 0.25) is 0 Å². The molecule has 0 aliphatic carbocycles. The zero-order chi connectivity index (χ0) is 17.2. The summed E-state index contributed by atoms with van der Waals surface area (Å²) < 4.78 is 4.92. The molecule has 0 saturated carbocycles. The van der Waals surface area contributed by atoms with E-state index < -0.39 is 0 Å². The molecule has 2 rings (SSSR count). The number of nitrogens with one attached hydrogen (secondary N) is 1. The Labute approximate surface area is 142 Å².